The number of ether oxygens (including phenoxy) is 1. The number of methoxy groups -OCH3 is 1. The van der Waals surface area contributed by atoms with Crippen molar-refractivity contribution in [3.8, 4) is 5.75 Å². The summed E-state index contributed by atoms with van der Waals surface area (Å²) in [6.45, 7) is 3.16. The summed E-state index contributed by atoms with van der Waals surface area (Å²) in [6.07, 6.45) is 8.00. The minimum absolute atomic E-state index is 0.409. The molecule has 1 aromatic carbocycles. The van der Waals surface area contributed by atoms with Crippen LogP contribution >= 0.6 is 0 Å². The molecule has 2 aromatic rings. The third-order valence-electron chi connectivity index (χ3n) is 3.96. The van der Waals surface area contributed by atoms with Gasteiger partial charge in [0.05, 0.1) is 13.4 Å². The number of imidazole rings is 1. The number of aryl methyl sites for hydroxylation is 1. The van der Waals surface area contributed by atoms with E-state index >= 15 is 0 Å². The molecule has 0 radical (unpaired) electrons. The molecule has 0 fully saturated rings. The lowest BCUT2D eigenvalue weighted by Gasteiger charge is -2.21. The van der Waals surface area contributed by atoms with Crippen LogP contribution in [-0.4, -0.2) is 22.7 Å². The first-order valence-corrected chi connectivity index (χ1v) is 7.15. The highest BCUT2D eigenvalue weighted by molar-refractivity contribution is 5.40. The van der Waals surface area contributed by atoms with E-state index in [-0.39, 0.29) is 0 Å². The molecule has 4 heteroatoms. The van der Waals surface area contributed by atoms with Gasteiger partial charge in [0.25, 0.3) is 0 Å². The second kappa shape index (κ2) is 5.67. The van der Waals surface area contributed by atoms with Crippen molar-refractivity contribution in [3.63, 3.8) is 0 Å². The molecule has 1 aliphatic rings. The van der Waals surface area contributed by atoms with E-state index in [0.717, 1.165) is 25.1 Å². The summed E-state index contributed by atoms with van der Waals surface area (Å²) in [5.74, 6) is 0.944. The van der Waals surface area contributed by atoms with Gasteiger partial charge in [0.15, 0.2) is 0 Å². The molecule has 2 atom stereocenters. The average molecular weight is 271 g/mol. The van der Waals surface area contributed by atoms with Crippen molar-refractivity contribution in [2.24, 2.45) is 0 Å². The monoisotopic (exact) mass is 271 g/mol. The van der Waals surface area contributed by atoms with Gasteiger partial charge in [0, 0.05) is 31.0 Å². The van der Waals surface area contributed by atoms with Crippen molar-refractivity contribution < 1.29 is 4.74 Å². The topological polar surface area (TPSA) is 39.1 Å². The number of nitrogens with zero attached hydrogens (tertiary/aromatic N) is 2. The third-order valence-corrected chi connectivity index (χ3v) is 3.96. The number of fused-ring (bicyclic) bond motifs is 1. The Bertz CT molecular complexity index is 565. The zero-order chi connectivity index (χ0) is 13.9. The minimum atomic E-state index is 0.409. The number of benzene rings is 1. The van der Waals surface area contributed by atoms with Gasteiger partial charge in [-0.05, 0) is 43.0 Å². The number of hydrogen-bond donors (Lipinski definition) is 1. The molecule has 106 valence electrons. The molecule has 1 aliphatic carbocycles. The first-order valence-electron chi connectivity index (χ1n) is 7.15. The van der Waals surface area contributed by atoms with E-state index in [9.17, 15) is 0 Å². The lowest BCUT2D eigenvalue weighted by Crippen LogP contribution is -2.32. The van der Waals surface area contributed by atoms with Crippen molar-refractivity contribution in [2.75, 3.05) is 7.11 Å². The van der Waals surface area contributed by atoms with E-state index in [2.05, 4.69) is 40.0 Å². The molecule has 0 saturated heterocycles. The number of hydrogen-bond acceptors (Lipinski definition) is 3. The summed E-state index contributed by atoms with van der Waals surface area (Å²) in [5.41, 5.74) is 2.83. The molecule has 1 heterocycles. The summed E-state index contributed by atoms with van der Waals surface area (Å²) < 4.78 is 7.45. The normalized spacial score (nSPS) is 18.8. The van der Waals surface area contributed by atoms with Crippen LogP contribution in [0, 0.1) is 0 Å². The molecule has 1 aromatic heterocycles. The van der Waals surface area contributed by atoms with Gasteiger partial charge in [0.1, 0.15) is 5.75 Å². The molecule has 4 nitrogen and oxygen atoms in total. The highest BCUT2D eigenvalue weighted by Gasteiger charge is 2.24. The Balaban J connectivity index is 1.68. The molecule has 0 amide bonds. The van der Waals surface area contributed by atoms with Crippen molar-refractivity contribution in [2.45, 2.75) is 38.4 Å². The minimum Gasteiger partial charge on any atom is -0.497 e. The number of nitrogens with one attached hydrogen (secondary N) is 1. The van der Waals surface area contributed by atoms with E-state index < -0.39 is 0 Å². The molecule has 1 N–H and O–H groups in total. The van der Waals surface area contributed by atoms with Gasteiger partial charge < -0.3 is 14.6 Å². The predicted octanol–water partition coefficient (Wildman–Crippen LogP) is 2.56. The molecule has 2 unspecified atom stereocenters. The summed E-state index contributed by atoms with van der Waals surface area (Å²) in [5, 5.41) is 3.72. The quantitative estimate of drug-likeness (QED) is 0.908. The van der Waals surface area contributed by atoms with Crippen LogP contribution in [0.4, 0.5) is 0 Å². The van der Waals surface area contributed by atoms with Crippen LogP contribution in [0.3, 0.4) is 0 Å². The molecular weight excluding hydrogens is 250 g/mol. The highest BCUT2D eigenvalue weighted by Crippen LogP contribution is 2.34. The van der Waals surface area contributed by atoms with Gasteiger partial charge in [0.2, 0.25) is 0 Å². The highest BCUT2D eigenvalue weighted by atomic mass is 16.5. The zero-order valence-electron chi connectivity index (χ0n) is 12.0. The molecular formula is C16H21N3O. The summed E-state index contributed by atoms with van der Waals surface area (Å²) in [7, 11) is 1.72. The Morgan fingerprint density at radius 2 is 2.40 bits per heavy atom. The van der Waals surface area contributed by atoms with E-state index in [4.69, 9.17) is 4.74 Å². The lowest BCUT2D eigenvalue weighted by atomic mass is 10.1. The Morgan fingerprint density at radius 1 is 1.50 bits per heavy atom. The summed E-state index contributed by atoms with van der Waals surface area (Å²) in [6, 6.07) is 7.25. The zero-order valence-corrected chi connectivity index (χ0v) is 12.0. The maximum absolute atomic E-state index is 5.34. The Kier molecular flexibility index (Phi) is 3.74. The Labute approximate surface area is 119 Å². The number of rotatable bonds is 5. The fraction of sp³-hybridized carbons (Fsp3) is 0.438. The SMILES string of the molecule is COc1ccc2c(c1)C(NC(C)Cn1ccnc1)CC2. The third kappa shape index (κ3) is 2.70. The first kappa shape index (κ1) is 13.2. The van der Waals surface area contributed by atoms with Gasteiger partial charge >= 0.3 is 0 Å². The predicted molar refractivity (Wildman–Crippen MR) is 78.9 cm³/mol. The van der Waals surface area contributed by atoms with Gasteiger partial charge in [-0.25, -0.2) is 4.98 Å². The second-order valence-electron chi connectivity index (χ2n) is 5.48. The van der Waals surface area contributed by atoms with Gasteiger partial charge in [-0.15, -0.1) is 0 Å². The van der Waals surface area contributed by atoms with Crippen molar-refractivity contribution in [1.29, 1.82) is 0 Å². The van der Waals surface area contributed by atoms with Crippen molar-refractivity contribution >= 4 is 0 Å². The van der Waals surface area contributed by atoms with Crippen LogP contribution in [0.1, 0.15) is 30.5 Å². The van der Waals surface area contributed by atoms with E-state index in [1.165, 1.54) is 11.1 Å². The summed E-state index contributed by atoms with van der Waals surface area (Å²) >= 11 is 0. The largest absolute Gasteiger partial charge is 0.497 e. The van der Waals surface area contributed by atoms with Crippen LogP contribution < -0.4 is 10.1 Å². The number of aromatic nitrogens is 2. The average Bonchev–Trinajstić information content (AvgIpc) is 3.08. The molecule has 0 saturated carbocycles. The fourth-order valence-electron chi connectivity index (χ4n) is 2.99. The first-order chi connectivity index (χ1) is 9.76. The standard InChI is InChI=1S/C16H21N3O/c1-12(10-19-8-7-17-11-19)18-16-6-4-13-3-5-14(20-2)9-15(13)16/h3,5,7-9,11-12,16,18H,4,6,10H2,1-2H3. The van der Waals surface area contributed by atoms with Gasteiger partial charge in [-0.2, -0.15) is 0 Å². The second-order valence-corrected chi connectivity index (χ2v) is 5.48. The molecule has 0 aliphatic heterocycles. The Hall–Kier alpha value is -1.81. The Morgan fingerprint density at radius 3 is 3.15 bits per heavy atom. The van der Waals surface area contributed by atoms with E-state index in [1.54, 1.807) is 7.11 Å². The van der Waals surface area contributed by atoms with Crippen molar-refractivity contribution in [3.05, 3.63) is 48.0 Å². The molecule has 0 bridgehead atoms. The molecule has 0 spiro atoms. The maximum atomic E-state index is 5.34. The van der Waals surface area contributed by atoms with E-state index in [1.807, 2.05) is 18.7 Å². The van der Waals surface area contributed by atoms with Crippen LogP contribution in [0.25, 0.3) is 0 Å². The molecule has 3 rings (SSSR count). The maximum Gasteiger partial charge on any atom is 0.119 e. The van der Waals surface area contributed by atoms with Crippen LogP contribution in [0.2, 0.25) is 0 Å². The van der Waals surface area contributed by atoms with Gasteiger partial charge in [-0.3, -0.25) is 0 Å². The van der Waals surface area contributed by atoms with E-state index in [0.29, 0.717) is 12.1 Å². The van der Waals surface area contributed by atoms with Gasteiger partial charge in [-0.1, -0.05) is 6.07 Å². The fourth-order valence-corrected chi connectivity index (χ4v) is 2.99. The molecule has 20 heavy (non-hydrogen) atoms. The van der Waals surface area contributed by atoms with Crippen molar-refractivity contribution in [1.82, 2.24) is 14.9 Å². The smallest absolute Gasteiger partial charge is 0.119 e. The van der Waals surface area contributed by atoms with Crippen LogP contribution in [-0.2, 0) is 13.0 Å². The summed E-state index contributed by atoms with van der Waals surface area (Å²) in [4.78, 5) is 4.08. The lowest BCUT2D eigenvalue weighted by molar-refractivity contribution is 0.404. The van der Waals surface area contributed by atoms with Crippen LogP contribution in [0.15, 0.2) is 36.9 Å². The van der Waals surface area contributed by atoms with Crippen LogP contribution in [0.5, 0.6) is 5.75 Å².